The zero-order valence-corrected chi connectivity index (χ0v) is 12.7. The summed E-state index contributed by atoms with van der Waals surface area (Å²) in [5.41, 5.74) is 2.03. The van der Waals surface area contributed by atoms with Gasteiger partial charge < -0.3 is 9.73 Å². The fourth-order valence-electron chi connectivity index (χ4n) is 2.24. The first-order chi connectivity index (χ1) is 9.33. The van der Waals surface area contributed by atoms with Crippen LogP contribution in [0.25, 0.3) is 0 Å². The highest BCUT2D eigenvalue weighted by Gasteiger charge is 2.26. The molecule has 0 aliphatic heterocycles. The fraction of sp³-hybridized carbons (Fsp3) is 0.467. The van der Waals surface area contributed by atoms with Gasteiger partial charge in [0.25, 0.3) is 5.91 Å². The average Bonchev–Trinajstić information content (AvgIpc) is 2.97. The minimum atomic E-state index is -0.247. The van der Waals surface area contributed by atoms with Crippen LogP contribution in [0, 0.1) is 13.8 Å². The van der Waals surface area contributed by atoms with E-state index < -0.39 is 0 Å². The first kappa shape index (κ1) is 14.4. The Morgan fingerprint density at radius 2 is 2.15 bits per heavy atom. The van der Waals surface area contributed by atoms with E-state index in [4.69, 9.17) is 4.42 Å². The number of nitrogens with one attached hydrogen (secondary N) is 1. The first-order valence-electron chi connectivity index (χ1n) is 6.65. The van der Waals surface area contributed by atoms with E-state index in [-0.39, 0.29) is 11.3 Å². The number of hydrogen-bond acceptors (Lipinski definition) is 3. The van der Waals surface area contributed by atoms with Crippen LogP contribution in [0.2, 0.25) is 0 Å². The lowest BCUT2D eigenvalue weighted by molar-refractivity contribution is 0.0942. The quantitative estimate of drug-likeness (QED) is 0.931. The van der Waals surface area contributed by atoms with E-state index in [9.17, 15) is 4.79 Å². The Bertz CT molecular complexity index is 609. The molecule has 0 spiro atoms. The van der Waals surface area contributed by atoms with Crippen molar-refractivity contribution in [2.75, 3.05) is 6.54 Å². The van der Waals surface area contributed by atoms with Gasteiger partial charge in [-0.3, -0.25) is 9.48 Å². The first-order valence-corrected chi connectivity index (χ1v) is 6.65. The fourth-order valence-corrected chi connectivity index (χ4v) is 2.24. The van der Waals surface area contributed by atoms with Crippen LogP contribution in [0.1, 0.15) is 41.4 Å². The third-order valence-electron chi connectivity index (χ3n) is 3.62. The Labute approximate surface area is 119 Å². The van der Waals surface area contributed by atoms with Crippen LogP contribution in [-0.4, -0.2) is 22.2 Å². The molecule has 2 heterocycles. The molecular weight excluding hydrogens is 254 g/mol. The second-order valence-electron chi connectivity index (χ2n) is 5.71. The van der Waals surface area contributed by atoms with Gasteiger partial charge in [0.05, 0.1) is 17.5 Å². The van der Waals surface area contributed by atoms with E-state index >= 15 is 0 Å². The second-order valence-corrected chi connectivity index (χ2v) is 5.71. The summed E-state index contributed by atoms with van der Waals surface area (Å²) in [6.45, 7) is 8.32. The van der Waals surface area contributed by atoms with Crippen molar-refractivity contribution in [2.24, 2.45) is 7.05 Å². The number of hydrogen-bond donors (Lipinski definition) is 1. The molecule has 5 nitrogen and oxygen atoms in total. The Balaban J connectivity index is 2.09. The highest BCUT2D eigenvalue weighted by Crippen LogP contribution is 2.22. The standard InChI is InChI=1S/C15H21N3O2/c1-10-13(11(2)18(5)17-10)14(19)16-9-15(3,4)12-7-6-8-20-12/h6-8H,9H2,1-5H3,(H,16,19). The average molecular weight is 275 g/mol. The van der Waals surface area contributed by atoms with Crippen molar-refractivity contribution in [1.82, 2.24) is 15.1 Å². The summed E-state index contributed by atoms with van der Waals surface area (Å²) in [5.74, 6) is 0.769. The second kappa shape index (κ2) is 5.15. The van der Waals surface area contributed by atoms with E-state index in [0.29, 0.717) is 12.1 Å². The topological polar surface area (TPSA) is 60.1 Å². The van der Waals surface area contributed by atoms with Gasteiger partial charge in [0.1, 0.15) is 5.76 Å². The summed E-state index contributed by atoms with van der Waals surface area (Å²) in [6, 6.07) is 3.78. The van der Waals surface area contributed by atoms with E-state index in [2.05, 4.69) is 10.4 Å². The van der Waals surface area contributed by atoms with Gasteiger partial charge in [-0.15, -0.1) is 0 Å². The Morgan fingerprint density at radius 1 is 1.45 bits per heavy atom. The minimum Gasteiger partial charge on any atom is -0.469 e. The lowest BCUT2D eigenvalue weighted by atomic mass is 9.90. The van der Waals surface area contributed by atoms with Crippen molar-refractivity contribution in [3.8, 4) is 0 Å². The van der Waals surface area contributed by atoms with Gasteiger partial charge in [-0.05, 0) is 26.0 Å². The van der Waals surface area contributed by atoms with Gasteiger partial charge in [-0.1, -0.05) is 13.8 Å². The molecule has 2 aromatic rings. The SMILES string of the molecule is Cc1nn(C)c(C)c1C(=O)NCC(C)(C)c1ccco1. The molecular formula is C15H21N3O2. The van der Waals surface area contributed by atoms with Gasteiger partial charge >= 0.3 is 0 Å². The van der Waals surface area contributed by atoms with Gasteiger partial charge in [-0.25, -0.2) is 0 Å². The molecule has 1 N–H and O–H groups in total. The number of aromatic nitrogens is 2. The third-order valence-corrected chi connectivity index (χ3v) is 3.62. The Hall–Kier alpha value is -2.04. The number of nitrogens with zero attached hydrogens (tertiary/aromatic N) is 2. The number of carbonyl (C=O) groups is 1. The van der Waals surface area contributed by atoms with Gasteiger partial charge in [-0.2, -0.15) is 5.10 Å². The maximum Gasteiger partial charge on any atom is 0.255 e. The molecule has 0 bridgehead atoms. The molecule has 0 radical (unpaired) electrons. The summed E-state index contributed by atoms with van der Waals surface area (Å²) >= 11 is 0. The zero-order valence-electron chi connectivity index (χ0n) is 12.7. The smallest absolute Gasteiger partial charge is 0.255 e. The van der Waals surface area contributed by atoms with Gasteiger partial charge in [0.2, 0.25) is 0 Å². The highest BCUT2D eigenvalue weighted by molar-refractivity contribution is 5.96. The van der Waals surface area contributed by atoms with Crippen LogP contribution in [-0.2, 0) is 12.5 Å². The molecule has 0 aromatic carbocycles. The number of furan rings is 1. The maximum atomic E-state index is 12.3. The molecule has 5 heteroatoms. The van der Waals surface area contributed by atoms with Crippen LogP contribution >= 0.6 is 0 Å². The monoisotopic (exact) mass is 275 g/mol. The van der Waals surface area contributed by atoms with Crippen molar-refractivity contribution < 1.29 is 9.21 Å². The van der Waals surface area contributed by atoms with Crippen molar-refractivity contribution in [3.05, 3.63) is 41.1 Å². The zero-order chi connectivity index (χ0) is 14.9. The van der Waals surface area contributed by atoms with Crippen LogP contribution in [0.4, 0.5) is 0 Å². The van der Waals surface area contributed by atoms with Crippen LogP contribution in [0.3, 0.4) is 0 Å². The molecule has 1 amide bonds. The highest BCUT2D eigenvalue weighted by atomic mass is 16.3. The molecule has 0 fully saturated rings. The minimum absolute atomic E-state index is 0.0901. The number of amides is 1. The van der Waals surface area contributed by atoms with Crippen LogP contribution in [0.5, 0.6) is 0 Å². The molecule has 0 saturated heterocycles. The number of carbonyl (C=O) groups excluding carboxylic acids is 1. The van der Waals surface area contributed by atoms with Crippen LogP contribution < -0.4 is 5.32 Å². The normalized spacial score (nSPS) is 11.7. The van der Waals surface area contributed by atoms with Gasteiger partial charge in [0.15, 0.2) is 0 Å². The molecule has 2 aromatic heterocycles. The molecule has 108 valence electrons. The van der Waals surface area contributed by atoms with Crippen molar-refractivity contribution in [2.45, 2.75) is 33.1 Å². The summed E-state index contributed by atoms with van der Waals surface area (Å²) in [7, 11) is 1.84. The lowest BCUT2D eigenvalue weighted by Crippen LogP contribution is -2.36. The molecule has 0 aliphatic rings. The summed E-state index contributed by atoms with van der Waals surface area (Å²) < 4.78 is 7.14. The molecule has 0 aliphatic carbocycles. The van der Waals surface area contributed by atoms with Crippen molar-refractivity contribution in [3.63, 3.8) is 0 Å². The Kier molecular flexibility index (Phi) is 3.70. The predicted octanol–water partition coefficient (Wildman–Crippen LogP) is 2.34. The maximum absolute atomic E-state index is 12.3. The predicted molar refractivity (Wildman–Crippen MR) is 76.7 cm³/mol. The van der Waals surface area contributed by atoms with E-state index in [1.165, 1.54) is 0 Å². The van der Waals surface area contributed by atoms with E-state index in [1.807, 2.05) is 46.9 Å². The largest absolute Gasteiger partial charge is 0.469 e. The van der Waals surface area contributed by atoms with Crippen molar-refractivity contribution in [1.29, 1.82) is 0 Å². The van der Waals surface area contributed by atoms with E-state index in [1.54, 1.807) is 10.9 Å². The van der Waals surface area contributed by atoms with E-state index in [0.717, 1.165) is 17.1 Å². The van der Waals surface area contributed by atoms with Crippen LogP contribution in [0.15, 0.2) is 22.8 Å². The molecule has 0 unspecified atom stereocenters. The van der Waals surface area contributed by atoms with Crippen molar-refractivity contribution >= 4 is 5.91 Å². The molecule has 2 rings (SSSR count). The number of rotatable bonds is 4. The lowest BCUT2D eigenvalue weighted by Gasteiger charge is -2.22. The number of aryl methyl sites for hydroxylation is 2. The molecule has 0 saturated carbocycles. The summed E-state index contributed by atoms with van der Waals surface area (Å²) in [6.07, 6.45) is 1.65. The van der Waals surface area contributed by atoms with Gasteiger partial charge in [0, 0.05) is 24.7 Å². The Morgan fingerprint density at radius 3 is 2.65 bits per heavy atom. The third kappa shape index (κ3) is 2.61. The summed E-state index contributed by atoms with van der Waals surface area (Å²) in [5, 5.41) is 7.23. The molecule has 20 heavy (non-hydrogen) atoms. The summed E-state index contributed by atoms with van der Waals surface area (Å²) in [4.78, 5) is 12.3. The molecule has 0 atom stereocenters.